The molecule has 20 heavy (non-hydrogen) atoms. The lowest BCUT2D eigenvalue weighted by molar-refractivity contribution is 1.33. The molecule has 0 atom stereocenters. The van der Waals surface area contributed by atoms with Gasteiger partial charge in [0.1, 0.15) is 5.71 Å². The van der Waals surface area contributed by atoms with Crippen LogP contribution in [0.5, 0.6) is 0 Å². The Morgan fingerprint density at radius 2 is 1.65 bits per heavy atom. The molecule has 0 saturated heterocycles. The zero-order valence-corrected chi connectivity index (χ0v) is 11.0. The topological polar surface area (TPSA) is 50.4 Å². The number of hydrogen-bond acceptors (Lipinski definition) is 3. The first-order chi connectivity index (χ1) is 9.83. The highest BCUT2D eigenvalue weighted by Gasteiger charge is 2.07. The number of nitrogens with one attached hydrogen (secondary N) is 1. The average Bonchev–Trinajstić information content (AvgIpc) is 2.65. The smallest absolute Gasteiger partial charge is 0.106 e. The van der Waals surface area contributed by atoms with Crippen molar-refractivity contribution >= 4 is 23.6 Å². The van der Waals surface area contributed by atoms with Crippen LogP contribution in [0.25, 0.3) is 12.2 Å². The summed E-state index contributed by atoms with van der Waals surface area (Å²) >= 11 is 0. The van der Waals surface area contributed by atoms with Crippen molar-refractivity contribution < 1.29 is 0 Å². The second-order valence-electron chi connectivity index (χ2n) is 4.54. The first-order valence-electron chi connectivity index (χ1n) is 6.46. The molecule has 0 unspecified atom stereocenters. The van der Waals surface area contributed by atoms with E-state index < -0.39 is 0 Å². The Bertz CT molecular complexity index is 697. The van der Waals surface area contributed by atoms with E-state index in [-0.39, 0.29) is 0 Å². The zero-order valence-electron chi connectivity index (χ0n) is 11.0. The van der Waals surface area contributed by atoms with E-state index in [0.717, 1.165) is 22.5 Å². The SMILES string of the molecule is NC1=Cc2ccccc2NN=C1C=Cc1ccccc1. The normalized spacial score (nSPS) is 14.0. The molecule has 1 aliphatic rings. The summed E-state index contributed by atoms with van der Waals surface area (Å²) in [6.07, 6.45) is 5.85. The fraction of sp³-hybridized carbons (Fsp3) is 0. The van der Waals surface area contributed by atoms with Crippen molar-refractivity contribution in [3.63, 3.8) is 0 Å². The predicted molar refractivity (Wildman–Crippen MR) is 85.1 cm³/mol. The van der Waals surface area contributed by atoms with Crippen LogP contribution in [0.3, 0.4) is 0 Å². The first-order valence-corrected chi connectivity index (χ1v) is 6.46. The second-order valence-corrected chi connectivity index (χ2v) is 4.54. The number of fused-ring (bicyclic) bond motifs is 1. The standard InChI is InChI=1S/C17H15N3/c18-15-12-14-8-4-5-9-16(14)19-20-17(15)11-10-13-6-2-1-3-7-13/h1-12,19H,18H2. The fourth-order valence-electron chi connectivity index (χ4n) is 2.02. The number of anilines is 1. The van der Waals surface area contributed by atoms with E-state index in [0.29, 0.717) is 5.70 Å². The van der Waals surface area contributed by atoms with Crippen molar-refractivity contribution in [2.75, 3.05) is 5.43 Å². The van der Waals surface area contributed by atoms with Crippen LogP contribution in [0.1, 0.15) is 11.1 Å². The van der Waals surface area contributed by atoms with Gasteiger partial charge < -0.3 is 5.73 Å². The molecule has 0 aliphatic carbocycles. The average molecular weight is 261 g/mol. The van der Waals surface area contributed by atoms with E-state index in [1.54, 1.807) is 0 Å². The third-order valence-electron chi connectivity index (χ3n) is 3.10. The molecule has 0 bridgehead atoms. The number of rotatable bonds is 2. The van der Waals surface area contributed by atoms with Gasteiger partial charge in [-0.1, -0.05) is 54.6 Å². The summed E-state index contributed by atoms with van der Waals surface area (Å²) in [5, 5.41) is 4.35. The van der Waals surface area contributed by atoms with Crippen molar-refractivity contribution in [3.05, 3.63) is 77.5 Å². The zero-order chi connectivity index (χ0) is 13.8. The highest BCUT2D eigenvalue weighted by molar-refractivity contribution is 6.13. The van der Waals surface area contributed by atoms with Crippen LogP contribution in [-0.2, 0) is 0 Å². The van der Waals surface area contributed by atoms with Crippen LogP contribution in [0.4, 0.5) is 5.69 Å². The van der Waals surface area contributed by atoms with Gasteiger partial charge in [-0.15, -0.1) is 0 Å². The molecule has 1 aliphatic heterocycles. The van der Waals surface area contributed by atoms with Crippen LogP contribution >= 0.6 is 0 Å². The van der Waals surface area contributed by atoms with Gasteiger partial charge in [-0.05, 0) is 23.8 Å². The highest BCUT2D eigenvalue weighted by atomic mass is 15.3. The number of nitrogens with two attached hydrogens (primary N) is 1. The quantitative estimate of drug-likeness (QED) is 0.869. The van der Waals surface area contributed by atoms with E-state index in [2.05, 4.69) is 10.5 Å². The summed E-state index contributed by atoms with van der Waals surface area (Å²) in [7, 11) is 0. The fourth-order valence-corrected chi connectivity index (χ4v) is 2.02. The third kappa shape index (κ3) is 2.62. The van der Waals surface area contributed by atoms with Crippen LogP contribution in [0.2, 0.25) is 0 Å². The molecular formula is C17H15N3. The maximum absolute atomic E-state index is 6.10. The van der Waals surface area contributed by atoms with Crippen LogP contribution in [-0.4, -0.2) is 5.71 Å². The van der Waals surface area contributed by atoms with E-state index >= 15 is 0 Å². The second kappa shape index (κ2) is 5.45. The number of hydrazone groups is 1. The van der Waals surface area contributed by atoms with Gasteiger partial charge in [0.05, 0.1) is 11.4 Å². The third-order valence-corrected chi connectivity index (χ3v) is 3.10. The van der Waals surface area contributed by atoms with Gasteiger partial charge >= 0.3 is 0 Å². The molecule has 3 rings (SSSR count). The molecule has 0 spiro atoms. The molecule has 1 heterocycles. The Labute approximate surface area is 118 Å². The number of benzene rings is 2. The minimum absolute atomic E-state index is 0.648. The Kier molecular flexibility index (Phi) is 3.33. The number of para-hydroxylation sites is 1. The van der Waals surface area contributed by atoms with Gasteiger partial charge in [0.25, 0.3) is 0 Å². The monoisotopic (exact) mass is 261 g/mol. The van der Waals surface area contributed by atoms with Gasteiger partial charge in [0.2, 0.25) is 0 Å². The van der Waals surface area contributed by atoms with Gasteiger partial charge in [0.15, 0.2) is 0 Å². The number of hydrogen-bond donors (Lipinski definition) is 2. The maximum Gasteiger partial charge on any atom is 0.106 e. The van der Waals surface area contributed by atoms with E-state index in [1.165, 1.54) is 0 Å². The van der Waals surface area contributed by atoms with E-state index in [9.17, 15) is 0 Å². The van der Waals surface area contributed by atoms with Gasteiger partial charge in [-0.25, -0.2) is 0 Å². The minimum atomic E-state index is 0.648. The molecule has 3 nitrogen and oxygen atoms in total. The lowest BCUT2D eigenvalue weighted by atomic mass is 10.1. The predicted octanol–water partition coefficient (Wildman–Crippen LogP) is 3.48. The van der Waals surface area contributed by atoms with Crippen molar-refractivity contribution in [3.8, 4) is 0 Å². The number of allylic oxidation sites excluding steroid dienone is 1. The summed E-state index contributed by atoms with van der Waals surface area (Å²) in [5.41, 5.74) is 13.6. The van der Waals surface area contributed by atoms with Crippen molar-refractivity contribution in [2.24, 2.45) is 10.8 Å². The summed E-state index contributed by atoms with van der Waals surface area (Å²) < 4.78 is 0. The Morgan fingerprint density at radius 3 is 2.50 bits per heavy atom. The molecule has 2 aromatic carbocycles. The molecule has 0 saturated carbocycles. The highest BCUT2D eigenvalue weighted by Crippen LogP contribution is 2.20. The summed E-state index contributed by atoms with van der Waals surface area (Å²) in [4.78, 5) is 0. The summed E-state index contributed by atoms with van der Waals surface area (Å²) in [5.74, 6) is 0. The Morgan fingerprint density at radius 1 is 0.900 bits per heavy atom. The molecule has 3 N–H and O–H groups in total. The molecule has 0 amide bonds. The largest absolute Gasteiger partial charge is 0.397 e. The molecule has 0 radical (unpaired) electrons. The summed E-state index contributed by atoms with van der Waals surface area (Å²) in [6.45, 7) is 0. The van der Waals surface area contributed by atoms with E-state index in [1.807, 2.05) is 72.8 Å². The number of nitrogens with zero attached hydrogens (tertiary/aromatic N) is 1. The van der Waals surface area contributed by atoms with Gasteiger partial charge in [-0.3, -0.25) is 5.43 Å². The minimum Gasteiger partial charge on any atom is -0.397 e. The van der Waals surface area contributed by atoms with Gasteiger partial charge in [0, 0.05) is 5.56 Å². The van der Waals surface area contributed by atoms with Crippen molar-refractivity contribution in [1.29, 1.82) is 0 Å². The molecular weight excluding hydrogens is 246 g/mol. The molecule has 0 aromatic heterocycles. The Hall–Kier alpha value is -2.81. The van der Waals surface area contributed by atoms with Crippen LogP contribution in [0, 0.1) is 0 Å². The van der Waals surface area contributed by atoms with Gasteiger partial charge in [-0.2, -0.15) is 5.10 Å². The summed E-state index contributed by atoms with van der Waals surface area (Å²) in [6, 6.07) is 18.0. The maximum atomic E-state index is 6.10. The van der Waals surface area contributed by atoms with Crippen LogP contribution in [0.15, 0.2) is 71.5 Å². The lowest BCUT2D eigenvalue weighted by Crippen LogP contribution is -2.08. The molecule has 0 fully saturated rings. The molecule has 98 valence electrons. The first kappa shape index (κ1) is 12.2. The van der Waals surface area contributed by atoms with E-state index in [4.69, 9.17) is 5.73 Å². The lowest BCUT2D eigenvalue weighted by Gasteiger charge is -2.01. The van der Waals surface area contributed by atoms with Crippen molar-refractivity contribution in [2.45, 2.75) is 0 Å². The van der Waals surface area contributed by atoms with Crippen molar-refractivity contribution in [1.82, 2.24) is 0 Å². The molecule has 3 heteroatoms. The van der Waals surface area contributed by atoms with Crippen LogP contribution < -0.4 is 11.2 Å². The Balaban J connectivity index is 1.89. The molecule has 2 aromatic rings.